The Morgan fingerprint density at radius 2 is 1.97 bits per heavy atom. The van der Waals surface area contributed by atoms with E-state index in [0.29, 0.717) is 30.4 Å². The summed E-state index contributed by atoms with van der Waals surface area (Å²) in [7, 11) is 0. The van der Waals surface area contributed by atoms with Crippen molar-refractivity contribution in [2.24, 2.45) is 0 Å². The zero-order valence-electron chi connectivity index (χ0n) is 16.2. The van der Waals surface area contributed by atoms with Crippen LogP contribution in [0.2, 0.25) is 0 Å². The lowest BCUT2D eigenvalue weighted by Crippen LogP contribution is -2.19. The molecule has 1 aliphatic heterocycles. The summed E-state index contributed by atoms with van der Waals surface area (Å²) in [6.07, 6.45) is 1.76. The third kappa shape index (κ3) is 3.71. The van der Waals surface area contributed by atoms with E-state index in [1.54, 1.807) is 11.3 Å². The van der Waals surface area contributed by atoms with Gasteiger partial charge >= 0.3 is 0 Å². The van der Waals surface area contributed by atoms with Gasteiger partial charge in [-0.15, -0.1) is 0 Å². The first-order valence-electron chi connectivity index (χ1n) is 9.86. The van der Waals surface area contributed by atoms with Crippen molar-refractivity contribution in [3.05, 3.63) is 76.0 Å². The minimum atomic E-state index is -0.233. The predicted octanol–water partition coefficient (Wildman–Crippen LogP) is 4.88. The normalized spacial score (nSPS) is 12.8. The molecular weight excluding hydrogens is 396 g/mol. The van der Waals surface area contributed by atoms with Crippen molar-refractivity contribution in [1.29, 1.82) is 0 Å². The number of ether oxygens (including phenoxy) is 1. The van der Waals surface area contributed by atoms with Crippen LogP contribution in [-0.4, -0.2) is 22.5 Å². The van der Waals surface area contributed by atoms with E-state index < -0.39 is 0 Å². The molecule has 0 fully saturated rings. The number of hydrogen-bond donors (Lipinski definition) is 2. The number of carbonyl (C=O) groups is 1. The highest BCUT2D eigenvalue weighted by atomic mass is 32.1. The molecule has 0 unspecified atom stereocenters. The van der Waals surface area contributed by atoms with Gasteiger partial charge in [-0.2, -0.15) is 21.3 Å². The van der Waals surface area contributed by atoms with Crippen LogP contribution in [0.25, 0.3) is 10.8 Å². The molecule has 4 aromatic rings. The van der Waals surface area contributed by atoms with Crippen molar-refractivity contribution in [2.45, 2.75) is 19.4 Å². The first-order chi connectivity index (χ1) is 14.8. The van der Waals surface area contributed by atoms with Crippen LogP contribution in [0.4, 0.5) is 11.8 Å². The average Bonchev–Trinajstić information content (AvgIpc) is 3.27. The fourth-order valence-corrected chi connectivity index (χ4v) is 4.39. The summed E-state index contributed by atoms with van der Waals surface area (Å²) >= 11 is 1.58. The van der Waals surface area contributed by atoms with Gasteiger partial charge in [0.05, 0.1) is 12.2 Å². The second-order valence-electron chi connectivity index (χ2n) is 7.11. The third-order valence-corrected chi connectivity index (χ3v) is 5.83. The number of carbonyl (C=O) groups excluding carboxylic acids is 1. The molecule has 0 atom stereocenters. The van der Waals surface area contributed by atoms with E-state index in [1.807, 2.05) is 47.2 Å². The van der Waals surface area contributed by atoms with E-state index in [0.717, 1.165) is 34.7 Å². The Labute approximate surface area is 178 Å². The molecule has 2 aromatic carbocycles. The molecule has 0 spiro atoms. The number of thiophene rings is 1. The van der Waals surface area contributed by atoms with Gasteiger partial charge in [0, 0.05) is 17.5 Å². The second kappa shape index (κ2) is 8.12. The number of rotatable bonds is 5. The Morgan fingerprint density at radius 1 is 1.07 bits per heavy atom. The second-order valence-corrected chi connectivity index (χ2v) is 7.85. The van der Waals surface area contributed by atoms with Crippen LogP contribution < -0.4 is 15.4 Å². The van der Waals surface area contributed by atoms with E-state index >= 15 is 0 Å². The largest absolute Gasteiger partial charge is 0.477 e. The molecule has 7 heteroatoms. The van der Waals surface area contributed by atoms with Gasteiger partial charge in [0.2, 0.25) is 11.8 Å². The van der Waals surface area contributed by atoms with E-state index in [2.05, 4.69) is 32.7 Å². The highest BCUT2D eigenvalue weighted by molar-refractivity contribution is 7.09. The molecule has 1 aliphatic rings. The molecule has 3 heterocycles. The van der Waals surface area contributed by atoms with Crippen molar-refractivity contribution in [3.63, 3.8) is 0 Å². The van der Waals surface area contributed by atoms with Gasteiger partial charge in [-0.25, -0.2) is 0 Å². The summed E-state index contributed by atoms with van der Waals surface area (Å²) in [5.74, 6) is 1.25. The summed E-state index contributed by atoms with van der Waals surface area (Å²) in [6.45, 7) is 1.25. The van der Waals surface area contributed by atoms with Crippen molar-refractivity contribution in [2.75, 3.05) is 17.2 Å². The molecule has 0 aliphatic carbocycles. The van der Waals surface area contributed by atoms with Crippen LogP contribution in [0.3, 0.4) is 0 Å². The van der Waals surface area contributed by atoms with Gasteiger partial charge in [-0.05, 0) is 40.6 Å². The summed E-state index contributed by atoms with van der Waals surface area (Å²) < 4.78 is 5.76. The predicted molar refractivity (Wildman–Crippen MR) is 119 cm³/mol. The maximum absolute atomic E-state index is 12.9. The summed E-state index contributed by atoms with van der Waals surface area (Å²) in [4.78, 5) is 22.0. The average molecular weight is 417 g/mol. The molecule has 6 nitrogen and oxygen atoms in total. The van der Waals surface area contributed by atoms with Crippen LogP contribution >= 0.6 is 11.3 Å². The summed E-state index contributed by atoms with van der Waals surface area (Å²) in [5, 5.41) is 12.2. The van der Waals surface area contributed by atoms with Gasteiger partial charge in [0.25, 0.3) is 5.91 Å². The Hall–Kier alpha value is -3.45. The minimum absolute atomic E-state index is 0.233. The number of fused-ring (bicyclic) bond motifs is 2. The number of anilines is 2. The number of amides is 1. The van der Waals surface area contributed by atoms with Crippen LogP contribution in [0, 0.1) is 0 Å². The van der Waals surface area contributed by atoms with Crippen LogP contribution in [0.15, 0.2) is 59.3 Å². The summed E-state index contributed by atoms with van der Waals surface area (Å²) in [6, 6.07) is 15.8. The van der Waals surface area contributed by atoms with Gasteiger partial charge in [0.15, 0.2) is 0 Å². The van der Waals surface area contributed by atoms with Gasteiger partial charge in [-0.3, -0.25) is 10.1 Å². The van der Waals surface area contributed by atoms with Gasteiger partial charge in [-0.1, -0.05) is 42.5 Å². The lowest BCUT2D eigenvalue weighted by Gasteiger charge is -2.20. The maximum Gasteiger partial charge on any atom is 0.258 e. The van der Waals surface area contributed by atoms with Crippen LogP contribution in [0.1, 0.15) is 27.9 Å². The molecule has 0 saturated carbocycles. The molecular formula is C23H20N4O2S. The molecule has 2 aromatic heterocycles. The molecule has 0 radical (unpaired) electrons. The van der Waals surface area contributed by atoms with Crippen molar-refractivity contribution >= 4 is 39.8 Å². The molecule has 1 amide bonds. The topological polar surface area (TPSA) is 76.1 Å². The van der Waals surface area contributed by atoms with E-state index in [1.165, 1.54) is 0 Å². The smallest absolute Gasteiger partial charge is 0.258 e. The molecule has 0 saturated heterocycles. The van der Waals surface area contributed by atoms with Crippen molar-refractivity contribution < 1.29 is 9.53 Å². The Kier molecular flexibility index (Phi) is 5.03. The van der Waals surface area contributed by atoms with E-state index in [4.69, 9.17) is 4.74 Å². The number of nitrogens with one attached hydrogen (secondary N) is 2. The minimum Gasteiger partial charge on any atom is -0.477 e. The number of benzene rings is 2. The van der Waals surface area contributed by atoms with Gasteiger partial charge in [0.1, 0.15) is 5.82 Å². The zero-order chi connectivity index (χ0) is 20.3. The first-order valence-corrected chi connectivity index (χ1v) is 10.8. The standard InChI is InChI=1S/C23H20N4O2S/c28-21(17-9-4-8-16-13-30-14-19(16)17)26-23-25-20(18-10-5-11-29-22(18)27-23)24-12-15-6-2-1-3-7-15/h1-4,6-9,13-14H,5,10-12H2,(H2,24,25,26,27,28). The monoisotopic (exact) mass is 416 g/mol. The van der Waals surface area contributed by atoms with Crippen molar-refractivity contribution in [3.8, 4) is 5.88 Å². The zero-order valence-corrected chi connectivity index (χ0v) is 17.0. The molecule has 30 heavy (non-hydrogen) atoms. The molecule has 2 N–H and O–H groups in total. The molecule has 150 valence electrons. The fourth-order valence-electron chi connectivity index (χ4n) is 3.57. The van der Waals surface area contributed by atoms with Crippen LogP contribution in [0.5, 0.6) is 5.88 Å². The Bertz CT molecular complexity index is 1210. The molecule has 0 bridgehead atoms. The fraction of sp³-hybridized carbons (Fsp3) is 0.174. The van der Waals surface area contributed by atoms with E-state index in [-0.39, 0.29) is 11.9 Å². The van der Waals surface area contributed by atoms with Crippen molar-refractivity contribution in [1.82, 2.24) is 9.97 Å². The summed E-state index contributed by atoms with van der Waals surface area (Å²) in [5.41, 5.74) is 2.71. The lowest BCUT2D eigenvalue weighted by molar-refractivity contribution is 0.102. The van der Waals surface area contributed by atoms with E-state index in [9.17, 15) is 4.79 Å². The van der Waals surface area contributed by atoms with Gasteiger partial charge < -0.3 is 10.1 Å². The lowest BCUT2D eigenvalue weighted by atomic mass is 10.1. The number of aromatic nitrogens is 2. The highest BCUT2D eigenvalue weighted by Gasteiger charge is 2.21. The highest BCUT2D eigenvalue weighted by Crippen LogP contribution is 2.30. The number of hydrogen-bond acceptors (Lipinski definition) is 6. The quantitative estimate of drug-likeness (QED) is 0.485. The Morgan fingerprint density at radius 3 is 2.87 bits per heavy atom. The number of nitrogens with zero attached hydrogens (tertiary/aromatic N) is 2. The third-order valence-electron chi connectivity index (χ3n) is 5.07. The first kappa shape index (κ1) is 18.6. The van der Waals surface area contributed by atoms with Crippen LogP contribution in [-0.2, 0) is 13.0 Å². The SMILES string of the molecule is O=C(Nc1nc(NCc2ccccc2)c2c(n1)OCCC2)c1cccc2cscc12. The maximum atomic E-state index is 12.9. The molecule has 5 rings (SSSR count). The Balaban J connectivity index is 1.43.